The summed E-state index contributed by atoms with van der Waals surface area (Å²) in [4.78, 5) is 27.3. The number of carbonyl (C=O) groups excluding carboxylic acids is 2. The van der Waals surface area contributed by atoms with Crippen molar-refractivity contribution in [2.45, 2.75) is 18.3 Å². The molecule has 2 atom stereocenters. The van der Waals surface area contributed by atoms with Gasteiger partial charge in [-0.1, -0.05) is 60.7 Å². The smallest absolute Gasteiger partial charge is 0.228 e. The highest BCUT2D eigenvalue weighted by Crippen LogP contribution is 2.43. The summed E-state index contributed by atoms with van der Waals surface area (Å²) in [5.74, 6) is -1.28. The zero-order valence-electron chi connectivity index (χ0n) is 18.4. The van der Waals surface area contributed by atoms with Crippen LogP contribution < -0.4 is 16.0 Å². The molecular weight excluding hydrogens is 414 g/mol. The molecule has 6 heteroatoms. The van der Waals surface area contributed by atoms with Gasteiger partial charge < -0.3 is 20.7 Å². The molecule has 3 N–H and O–H groups in total. The van der Waals surface area contributed by atoms with Gasteiger partial charge in [-0.05, 0) is 34.4 Å². The highest BCUT2D eigenvalue weighted by Gasteiger charge is 2.34. The van der Waals surface area contributed by atoms with Crippen LogP contribution in [-0.4, -0.2) is 38.1 Å². The lowest BCUT2D eigenvalue weighted by Crippen LogP contribution is -2.37. The van der Waals surface area contributed by atoms with Gasteiger partial charge in [0.1, 0.15) is 0 Å². The molecule has 168 valence electrons. The summed E-state index contributed by atoms with van der Waals surface area (Å²) in [7, 11) is 0. The van der Waals surface area contributed by atoms with Gasteiger partial charge in [-0.3, -0.25) is 9.59 Å². The van der Waals surface area contributed by atoms with Crippen LogP contribution in [0, 0.1) is 0 Å². The summed E-state index contributed by atoms with van der Waals surface area (Å²) < 4.78 is 5.56. The molecule has 2 aliphatic heterocycles. The van der Waals surface area contributed by atoms with E-state index in [4.69, 9.17) is 10.5 Å². The van der Waals surface area contributed by atoms with Crippen LogP contribution in [0.2, 0.25) is 0 Å². The minimum atomic E-state index is -0.587. The summed E-state index contributed by atoms with van der Waals surface area (Å²) in [6.45, 7) is 2.95. The zero-order chi connectivity index (χ0) is 22.8. The molecule has 2 heterocycles. The lowest BCUT2D eigenvalue weighted by molar-refractivity contribution is -0.119. The second kappa shape index (κ2) is 9.08. The van der Waals surface area contributed by atoms with Crippen LogP contribution in [0.15, 0.2) is 72.8 Å². The SMILES string of the molecule is NC(=O)C(c1ccc2c(c1)CC(=O)N2)C(c1ccccc1)c1ccccc1N1CCOCC1. The molecular formula is C27H27N3O3. The second-order valence-electron chi connectivity index (χ2n) is 8.57. The number of amides is 2. The number of morpholine rings is 1. The average molecular weight is 442 g/mol. The maximum absolute atomic E-state index is 13.0. The molecule has 33 heavy (non-hydrogen) atoms. The minimum absolute atomic E-state index is 0.0324. The number of nitrogens with one attached hydrogen (secondary N) is 1. The highest BCUT2D eigenvalue weighted by atomic mass is 16.5. The number of benzene rings is 3. The molecule has 6 nitrogen and oxygen atoms in total. The van der Waals surface area contributed by atoms with Crippen molar-refractivity contribution in [1.82, 2.24) is 0 Å². The van der Waals surface area contributed by atoms with E-state index in [1.807, 2.05) is 48.5 Å². The number of ether oxygens (including phenoxy) is 1. The number of rotatable bonds is 6. The highest BCUT2D eigenvalue weighted by molar-refractivity contribution is 5.99. The first-order valence-corrected chi connectivity index (χ1v) is 11.3. The van der Waals surface area contributed by atoms with Crippen LogP contribution in [-0.2, 0) is 20.7 Å². The van der Waals surface area contributed by atoms with E-state index in [0.29, 0.717) is 19.6 Å². The Bertz CT molecular complexity index is 1170. The fourth-order valence-corrected chi connectivity index (χ4v) is 5.02. The van der Waals surface area contributed by atoms with E-state index in [0.717, 1.165) is 46.7 Å². The molecule has 0 aliphatic carbocycles. The van der Waals surface area contributed by atoms with Gasteiger partial charge in [0.25, 0.3) is 0 Å². The Balaban J connectivity index is 1.65. The van der Waals surface area contributed by atoms with Crippen LogP contribution in [0.5, 0.6) is 0 Å². The van der Waals surface area contributed by atoms with Gasteiger partial charge >= 0.3 is 0 Å². The zero-order valence-corrected chi connectivity index (χ0v) is 18.4. The Kier molecular flexibility index (Phi) is 5.84. The Morgan fingerprint density at radius 3 is 2.42 bits per heavy atom. The molecule has 0 spiro atoms. The van der Waals surface area contributed by atoms with Crippen LogP contribution in [0.4, 0.5) is 11.4 Å². The molecule has 0 bridgehead atoms. The van der Waals surface area contributed by atoms with E-state index < -0.39 is 11.8 Å². The van der Waals surface area contributed by atoms with Gasteiger partial charge in [-0.2, -0.15) is 0 Å². The predicted molar refractivity (Wildman–Crippen MR) is 128 cm³/mol. The van der Waals surface area contributed by atoms with Crippen molar-refractivity contribution in [2.24, 2.45) is 5.73 Å². The number of primary amides is 1. The third kappa shape index (κ3) is 4.22. The lowest BCUT2D eigenvalue weighted by Gasteiger charge is -2.34. The number of hydrogen-bond donors (Lipinski definition) is 2. The summed E-state index contributed by atoms with van der Waals surface area (Å²) in [6, 6.07) is 24.0. The molecule has 1 fully saturated rings. The molecule has 0 radical (unpaired) electrons. The van der Waals surface area contributed by atoms with Gasteiger partial charge in [0.05, 0.1) is 25.6 Å². The molecule has 0 aromatic heterocycles. The van der Waals surface area contributed by atoms with Crippen molar-refractivity contribution in [1.29, 1.82) is 0 Å². The van der Waals surface area contributed by atoms with Gasteiger partial charge in [-0.15, -0.1) is 0 Å². The molecule has 1 saturated heterocycles. The molecule has 2 aliphatic rings. The number of para-hydroxylation sites is 1. The van der Waals surface area contributed by atoms with Crippen molar-refractivity contribution in [3.8, 4) is 0 Å². The third-order valence-corrected chi connectivity index (χ3v) is 6.54. The maximum atomic E-state index is 13.0. The van der Waals surface area contributed by atoms with Crippen molar-refractivity contribution in [2.75, 3.05) is 36.5 Å². The van der Waals surface area contributed by atoms with E-state index in [9.17, 15) is 9.59 Å². The summed E-state index contributed by atoms with van der Waals surface area (Å²) in [6.07, 6.45) is 0.315. The first-order chi connectivity index (χ1) is 16.1. The number of fused-ring (bicyclic) bond motifs is 1. The van der Waals surface area contributed by atoms with Gasteiger partial charge in [0.15, 0.2) is 0 Å². The van der Waals surface area contributed by atoms with E-state index in [1.165, 1.54) is 0 Å². The number of hydrogen-bond acceptors (Lipinski definition) is 4. The van der Waals surface area contributed by atoms with Crippen LogP contribution in [0.3, 0.4) is 0 Å². The van der Waals surface area contributed by atoms with Gasteiger partial charge in [-0.25, -0.2) is 0 Å². The monoisotopic (exact) mass is 441 g/mol. The molecule has 2 amide bonds. The maximum Gasteiger partial charge on any atom is 0.228 e. The summed E-state index contributed by atoms with van der Waals surface area (Å²) in [5.41, 5.74) is 11.8. The van der Waals surface area contributed by atoms with Crippen LogP contribution >= 0.6 is 0 Å². The summed E-state index contributed by atoms with van der Waals surface area (Å²) >= 11 is 0. The molecule has 3 aromatic rings. The van der Waals surface area contributed by atoms with Gasteiger partial charge in [0.2, 0.25) is 11.8 Å². The number of nitrogens with zero attached hydrogens (tertiary/aromatic N) is 1. The van der Waals surface area contributed by atoms with E-state index in [-0.39, 0.29) is 11.8 Å². The molecule has 3 aromatic carbocycles. The van der Waals surface area contributed by atoms with Crippen molar-refractivity contribution < 1.29 is 14.3 Å². The minimum Gasteiger partial charge on any atom is -0.378 e. The Morgan fingerprint density at radius 1 is 0.939 bits per heavy atom. The van der Waals surface area contributed by atoms with Gasteiger partial charge in [0, 0.05) is 30.4 Å². The fourth-order valence-electron chi connectivity index (χ4n) is 5.02. The third-order valence-electron chi connectivity index (χ3n) is 6.54. The molecule has 2 unspecified atom stereocenters. The van der Waals surface area contributed by atoms with E-state index in [2.05, 4.69) is 34.5 Å². The topological polar surface area (TPSA) is 84.7 Å². The first-order valence-electron chi connectivity index (χ1n) is 11.3. The summed E-state index contributed by atoms with van der Waals surface area (Å²) in [5, 5.41) is 2.86. The second-order valence-corrected chi connectivity index (χ2v) is 8.57. The normalized spacial score (nSPS) is 17.2. The van der Waals surface area contributed by atoms with Crippen molar-refractivity contribution in [3.05, 3.63) is 95.1 Å². The largest absolute Gasteiger partial charge is 0.378 e. The van der Waals surface area contributed by atoms with E-state index >= 15 is 0 Å². The van der Waals surface area contributed by atoms with Crippen molar-refractivity contribution in [3.63, 3.8) is 0 Å². The predicted octanol–water partition coefficient (Wildman–Crippen LogP) is 3.42. The quantitative estimate of drug-likeness (QED) is 0.614. The Labute approximate surface area is 193 Å². The first kappa shape index (κ1) is 21.2. The number of carbonyl (C=O) groups is 2. The Morgan fingerprint density at radius 2 is 1.67 bits per heavy atom. The fraction of sp³-hybridized carbons (Fsp3) is 0.259. The molecule has 5 rings (SSSR count). The van der Waals surface area contributed by atoms with E-state index in [1.54, 1.807) is 0 Å². The lowest BCUT2D eigenvalue weighted by atomic mass is 9.75. The van der Waals surface area contributed by atoms with Crippen LogP contribution in [0.1, 0.15) is 34.1 Å². The Hall–Kier alpha value is -3.64. The number of anilines is 2. The standard InChI is InChI=1S/C27H27N3O3/c28-27(32)26(19-10-11-22-20(16-19)17-24(31)29-22)25(18-6-2-1-3-7-18)21-8-4-5-9-23(21)30-12-14-33-15-13-30/h1-11,16,25-26H,12-15,17H2,(H2,28,32)(H,29,31). The average Bonchev–Trinajstić information content (AvgIpc) is 3.22. The molecule has 0 saturated carbocycles. The number of nitrogens with two attached hydrogens (primary N) is 1. The van der Waals surface area contributed by atoms with Crippen LogP contribution in [0.25, 0.3) is 0 Å². The van der Waals surface area contributed by atoms with Crippen molar-refractivity contribution >= 4 is 23.2 Å².